The molecule has 1 amide bonds. The van der Waals surface area contributed by atoms with Crippen LogP contribution in [0.2, 0.25) is 0 Å². The molecule has 2 saturated heterocycles. The number of β-lactam (4-membered cyclic amide) rings is 1. The van der Waals surface area contributed by atoms with E-state index in [9.17, 15) is 4.79 Å². The van der Waals surface area contributed by atoms with E-state index in [1.807, 2.05) is 0 Å². The lowest BCUT2D eigenvalue weighted by Gasteiger charge is -2.47. The molecule has 0 N–H and O–H groups in total. The Bertz CT molecular complexity index is 183. The quantitative estimate of drug-likeness (QED) is 0.500. The lowest BCUT2D eigenvalue weighted by molar-refractivity contribution is -0.261. The van der Waals surface area contributed by atoms with Gasteiger partial charge in [-0.25, -0.2) is 0 Å². The van der Waals surface area contributed by atoms with Gasteiger partial charge in [-0.05, 0) is 6.42 Å². The van der Waals surface area contributed by atoms with Crippen LogP contribution in [0.3, 0.4) is 0 Å². The average Bonchev–Trinajstić information content (AvgIpc) is 2.01. The van der Waals surface area contributed by atoms with Crippen molar-refractivity contribution >= 4 is 5.91 Å². The summed E-state index contributed by atoms with van der Waals surface area (Å²) in [6.45, 7) is 0.701. The topological polar surface area (TPSA) is 38.8 Å². The fourth-order valence-electron chi connectivity index (χ4n) is 1.59. The molecule has 2 rings (SSSR count). The lowest BCUT2D eigenvalue weighted by atomic mass is 9.98. The summed E-state index contributed by atoms with van der Waals surface area (Å²) >= 11 is 0. The van der Waals surface area contributed by atoms with Crippen molar-refractivity contribution in [1.29, 1.82) is 0 Å². The van der Waals surface area contributed by atoms with Crippen LogP contribution in [0, 0.1) is 0 Å². The highest BCUT2D eigenvalue weighted by Crippen LogP contribution is 2.29. The Morgan fingerprint density at radius 1 is 1.73 bits per heavy atom. The zero-order valence-electron chi connectivity index (χ0n) is 6.45. The molecule has 2 heterocycles. The van der Waals surface area contributed by atoms with Crippen molar-refractivity contribution in [2.45, 2.75) is 25.3 Å². The molecule has 2 atom stereocenters. The Balaban J connectivity index is 2.05. The van der Waals surface area contributed by atoms with Crippen molar-refractivity contribution in [2.24, 2.45) is 0 Å². The first-order valence-electron chi connectivity index (χ1n) is 3.78. The monoisotopic (exact) mass is 157 g/mol. The summed E-state index contributed by atoms with van der Waals surface area (Å²) in [7, 11) is 1.55. The van der Waals surface area contributed by atoms with Crippen LogP contribution in [-0.4, -0.2) is 37.0 Å². The summed E-state index contributed by atoms with van der Waals surface area (Å²) in [5.74, 6) is 0.140. The third-order valence-corrected chi connectivity index (χ3v) is 2.23. The molecule has 0 saturated carbocycles. The van der Waals surface area contributed by atoms with E-state index in [1.165, 1.54) is 0 Å². The zero-order chi connectivity index (χ0) is 7.84. The van der Waals surface area contributed by atoms with Crippen LogP contribution < -0.4 is 0 Å². The minimum Gasteiger partial charge on any atom is -0.338 e. The maximum absolute atomic E-state index is 11.0. The Kier molecular flexibility index (Phi) is 1.58. The summed E-state index contributed by atoms with van der Waals surface area (Å²) in [5.41, 5.74) is 0. The molecule has 0 spiro atoms. The van der Waals surface area contributed by atoms with Crippen molar-refractivity contribution < 1.29 is 14.3 Å². The first-order chi connectivity index (χ1) is 5.33. The molecule has 4 nitrogen and oxygen atoms in total. The lowest BCUT2D eigenvalue weighted by Crippen LogP contribution is -2.61. The van der Waals surface area contributed by atoms with Crippen LogP contribution >= 0.6 is 0 Å². The molecule has 0 aromatic heterocycles. The number of ether oxygens (including phenoxy) is 2. The highest BCUT2D eigenvalue weighted by molar-refractivity contribution is 5.83. The third-order valence-electron chi connectivity index (χ3n) is 2.23. The molecule has 0 radical (unpaired) electrons. The molecular formula is C7H11NO3. The number of rotatable bonds is 1. The van der Waals surface area contributed by atoms with Gasteiger partial charge < -0.3 is 9.47 Å². The SMILES string of the molecule is COC1OCCC2CC(=O)N21. The smallest absolute Gasteiger partial charge is 0.242 e. The van der Waals surface area contributed by atoms with Crippen LogP contribution in [0.15, 0.2) is 0 Å². The minimum atomic E-state index is -0.421. The summed E-state index contributed by atoms with van der Waals surface area (Å²) < 4.78 is 10.2. The molecule has 0 aliphatic carbocycles. The Hall–Kier alpha value is -0.610. The Morgan fingerprint density at radius 3 is 3.09 bits per heavy atom. The number of hydrogen-bond acceptors (Lipinski definition) is 3. The molecule has 2 aliphatic heterocycles. The number of methoxy groups -OCH3 is 1. The Labute approximate surface area is 65.1 Å². The van der Waals surface area contributed by atoms with Gasteiger partial charge in [0.1, 0.15) is 0 Å². The molecule has 0 aromatic rings. The minimum absolute atomic E-state index is 0.140. The van der Waals surface area contributed by atoms with E-state index in [-0.39, 0.29) is 5.91 Å². The molecule has 0 bridgehead atoms. The van der Waals surface area contributed by atoms with Gasteiger partial charge in [0.15, 0.2) is 0 Å². The normalized spacial score (nSPS) is 36.5. The van der Waals surface area contributed by atoms with Crippen molar-refractivity contribution in [3.05, 3.63) is 0 Å². The fraction of sp³-hybridized carbons (Fsp3) is 0.857. The fourth-order valence-corrected chi connectivity index (χ4v) is 1.59. The number of nitrogens with zero attached hydrogens (tertiary/aromatic N) is 1. The number of carbonyl (C=O) groups excluding carboxylic acids is 1. The maximum atomic E-state index is 11.0. The van der Waals surface area contributed by atoms with E-state index >= 15 is 0 Å². The van der Waals surface area contributed by atoms with Gasteiger partial charge in [0.25, 0.3) is 0 Å². The van der Waals surface area contributed by atoms with E-state index in [0.29, 0.717) is 19.1 Å². The molecule has 2 unspecified atom stereocenters. The standard InChI is InChI=1S/C7H11NO3/c1-10-7-8-5(2-3-11-7)4-6(8)9/h5,7H,2-4H2,1H3. The van der Waals surface area contributed by atoms with E-state index in [1.54, 1.807) is 12.0 Å². The van der Waals surface area contributed by atoms with E-state index < -0.39 is 6.41 Å². The van der Waals surface area contributed by atoms with Gasteiger partial charge in [0, 0.05) is 19.6 Å². The van der Waals surface area contributed by atoms with Gasteiger partial charge in [0.05, 0.1) is 6.61 Å². The predicted octanol–water partition coefficient (Wildman–Crippen LogP) is -0.0624. The van der Waals surface area contributed by atoms with Crippen LogP contribution in [0.4, 0.5) is 0 Å². The van der Waals surface area contributed by atoms with Crippen LogP contribution in [0.25, 0.3) is 0 Å². The number of carbonyl (C=O) groups is 1. The van der Waals surface area contributed by atoms with Gasteiger partial charge in [-0.15, -0.1) is 0 Å². The largest absolute Gasteiger partial charge is 0.338 e. The first-order valence-corrected chi connectivity index (χ1v) is 3.78. The van der Waals surface area contributed by atoms with Gasteiger partial charge in [-0.2, -0.15) is 0 Å². The average molecular weight is 157 g/mol. The van der Waals surface area contributed by atoms with Gasteiger partial charge >= 0.3 is 0 Å². The van der Waals surface area contributed by atoms with E-state index in [0.717, 1.165) is 6.42 Å². The van der Waals surface area contributed by atoms with Crippen molar-refractivity contribution in [1.82, 2.24) is 4.90 Å². The first kappa shape index (κ1) is 7.06. The van der Waals surface area contributed by atoms with Crippen molar-refractivity contribution in [3.8, 4) is 0 Å². The van der Waals surface area contributed by atoms with Gasteiger partial charge in [0.2, 0.25) is 12.3 Å². The predicted molar refractivity (Wildman–Crippen MR) is 36.6 cm³/mol. The van der Waals surface area contributed by atoms with Crippen molar-refractivity contribution in [2.75, 3.05) is 13.7 Å². The molecule has 11 heavy (non-hydrogen) atoms. The highest BCUT2D eigenvalue weighted by atomic mass is 16.7. The second-order valence-electron chi connectivity index (χ2n) is 2.86. The van der Waals surface area contributed by atoms with Crippen molar-refractivity contribution in [3.63, 3.8) is 0 Å². The summed E-state index contributed by atoms with van der Waals surface area (Å²) in [6, 6.07) is 0.376. The second kappa shape index (κ2) is 2.46. The molecule has 2 aliphatic rings. The zero-order valence-corrected chi connectivity index (χ0v) is 6.45. The van der Waals surface area contributed by atoms with E-state index in [2.05, 4.69) is 0 Å². The molecular weight excluding hydrogens is 146 g/mol. The highest BCUT2D eigenvalue weighted by Gasteiger charge is 2.44. The molecule has 62 valence electrons. The number of fused-ring (bicyclic) bond motifs is 1. The second-order valence-corrected chi connectivity index (χ2v) is 2.86. The van der Waals surface area contributed by atoms with E-state index in [4.69, 9.17) is 9.47 Å². The summed E-state index contributed by atoms with van der Waals surface area (Å²) in [5, 5.41) is 0. The Morgan fingerprint density at radius 2 is 2.55 bits per heavy atom. The van der Waals surface area contributed by atoms with Crippen LogP contribution in [0.1, 0.15) is 12.8 Å². The maximum Gasteiger partial charge on any atom is 0.242 e. The molecule has 4 heteroatoms. The third kappa shape index (κ3) is 0.937. The summed E-state index contributed by atoms with van der Waals surface area (Å²) in [6.07, 6.45) is 1.20. The molecule has 2 fully saturated rings. The number of amides is 1. The number of hydrogen-bond donors (Lipinski definition) is 0. The van der Waals surface area contributed by atoms with Gasteiger partial charge in [-0.1, -0.05) is 0 Å². The summed E-state index contributed by atoms with van der Waals surface area (Å²) in [4.78, 5) is 12.7. The van der Waals surface area contributed by atoms with Gasteiger partial charge in [-0.3, -0.25) is 9.69 Å². The molecule has 0 aromatic carbocycles. The van der Waals surface area contributed by atoms with Crippen LogP contribution in [-0.2, 0) is 14.3 Å². The van der Waals surface area contributed by atoms with Crippen LogP contribution in [0.5, 0.6) is 0 Å².